The first kappa shape index (κ1) is 13.4. The van der Waals surface area contributed by atoms with Crippen LogP contribution in [0, 0.1) is 0 Å². The summed E-state index contributed by atoms with van der Waals surface area (Å²) in [5.74, 6) is -0.866. The van der Waals surface area contributed by atoms with Crippen molar-refractivity contribution in [2.45, 2.75) is 33.0 Å². The molecule has 6 heteroatoms. The van der Waals surface area contributed by atoms with Crippen LogP contribution in [0.3, 0.4) is 0 Å². The van der Waals surface area contributed by atoms with E-state index in [9.17, 15) is 4.79 Å². The Morgan fingerprint density at radius 2 is 2.06 bits per heavy atom. The highest BCUT2D eigenvalue weighted by molar-refractivity contribution is 5.86. The van der Waals surface area contributed by atoms with Gasteiger partial charge in [-0.3, -0.25) is 0 Å². The lowest BCUT2D eigenvalue weighted by atomic mass is 10.1. The third kappa shape index (κ3) is 3.99. The largest absolute Gasteiger partial charge is 0.480 e. The quantitative estimate of drug-likeness (QED) is 0.858. The van der Waals surface area contributed by atoms with Crippen LogP contribution >= 0.6 is 0 Å². The Morgan fingerprint density at radius 1 is 1.41 bits per heavy atom. The molecule has 0 spiro atoms. The minimum atomic E-state index is -1.13. The molecule has 1 heterocycles. The molecule has 0 aliphatic carbocycles. The summed E-state index contributed by atoms with van der Waals surface area (Å²) in [5.41, 5.74) is -0.0268. The van der Waals surface area contributed by atoms with Crippen LogP contribution in [0.1, 0.15) is 36.8 Å². The van der Waals surface area contributed by atoms with Crippen molar-refractivity contribution in [3.8, 4) is 5.88 Å². The fourth-order valence-corrected chi connectivity index (χ4v) is 1.09. The van der Waals surface area contributed by atoms with Crippen molar-refractivity contribution >= 4 is 5.97 Å². The number of carbonyl (C=O) groups is 1. The van der Waals surface area contributed by atoms with Crippen LogP contribution in [0.4, 0.5) is 0 Å². The highest BCUT2D eigenvalue weighted by Gasteiger charge is 2.17. The van der Waals surface area contributed by atoms with Gasteiger partial charge in [0.05, 0.1) is 19.3 Å². The standard InChI is InChI=1S/C11H16N2O4/c1-11(2,3)17-6-7-5-8(16-4)12-13-9(7)10(14)15/h5H,6H2,1-4H3,(H,14,15). The molecule has 0 saturated heterocycles. The molecular formula is C11H16N2O4. The number of hydrogen-bond donors (Lipinski definition) is 1. The normalized spacial score (nSPS) is 11.3. The molecule has 0 amide bonds. The molecule has 1 rings (SSSR count). The fourth-order valence-electron chi connectivity index (χ4n) is 1.09. The van der Waals surface area contributed by atoms with Gasteiger partial charge in [0.1, 0.15) is 0 Å². The summed E-state index contributed by atoms with van der Waals surface area (Å²) in [5, 5.41) is 16.2. The number of rotatable bonds is 4. The zero-order valence-corrected chi connectivity index (χ0v) is 10.4. The van der Waals surface area contributed by atoms with Crippen molar-refractivity contribution in [3.63, 3.8) is 0 Å². The molecular weight excluding hydrogens is 224 g/mol. The molecule has 6 nitrogen and oxygen atoms in total. The highest BCUT2D eigenvalue weighted by atomic mass is 16.5. The van der Waals surface area contributed by atoms with E-state index in [1.165, 1.54) is 13.2 Å². The average Bonchev–Trinajstić information content (AvgIpc) is 2.24. The van der Waals surface area contributed by atoms with Gasteiger partial charge in [0.15, 0.2) is 5.69 Å². The zero-order valence-electron chi connectivity index (χ0n) is 10.4. The second-order valence-corrected chi connectivity index (χ2v) is 4.47. The van der Waals surface area contributed by atoms with Crippen molar-refractivity contribution < 1.29 is 19.4 Å². The number of nitrogens with zero attached hydrogens (tertiary/aromatic N) is 2. The van der Waals surface area contributed by atoms with Crippen molar-refractivity contribution in [1.29, 1.82) is 0 Å². The first-order valence-electron chi connectivity index (χ1n) is 5.11. The average molecular weight is 240 g/mol. The van der Waals surface area contributed by atoms with Gasteiger partial charge < -0.3 is 14.6 Å². The van der Waals surface area contributed by atoms with Gasteiger partial charge in [-0.1, -0.05) is 0 Å². The van der Waals surface area contributed by atoms with E-state index in [2.05, 4.69) is 10.2 Å². The predicted molar refractivity (Wildman–Crippen MR) is 60.1 cm³/mol. The molecule has 0 aromatic carbocycles. The summed E-state index contributed by atoms with van der Waals surface area (Å²) >= 11 is 0. The first-order valence-corrected chi connectivity index (χ1v) is 5.11. The van der Waals surface area contributed by atoms with Crippen molar-refractivity contribution in [3.05, 3.63) is 17.3 Å². The molecule has 0 radical (unpaired) electrons. The van der Waals surface area contributed by atoms with Crippen LogP contribution in [0.25, 0.3) is 0 Å². The Hall–Kier alpha value is -1.69. The number of ether oxygens (including phenoxy) is 2. The fraction of sp³-hybridized carbons (Fsp3) is 0.545. The lowest BCUT2D eigenvalue weighted by Gasteiger charge is -2.19. The van der Waals surface area contributed by atoms with E-state index in [4.69, 9.17) is 14.6 Å². The third-order valence-electron chi connectivity index (χ3n) is 1.92. The van der Waals surface area contributed by atoms with E-state index >= 15 is 0 Å². The molecule has 17 heavy (non-hydrogen) atoms. The molecule has 1 N–H and O–H groups in total. The first-order chi connectivity index (χ1) is 7.83. The van der Waals surface area contributed by atoms with E-state index in [1.807, 2.05) is 20.8 Å². The van der Waals surface area contributed by atoms with Crippen LogP contribution in [-0.4, -0.2) is 34.0 Å². The number of aromatic carboxylic acids is 1. The van der Waals surface area contributed by atoms with Crippen LogP contribution in [0.15, 0.2) is 6.07 Å². The smallest absolute Gasteiger partial charge is 0.356 e. The number of hydrogen-bond acceptors (Lipinski definition) is 5. The summed E-state index contributed by atoms with van der Waals surface area (Å²) in [4.78, 5) is 10.9. The molecule has 1 aromatic rings. The molecule has 0 atom stereocenters. The van der Waals surface area contributed by atoms with Gasteiger partial charge in [-0.05, 0) is 20.8 Å². The number of carboxylic acid groups (broad SMARTS) is 1. The Labute approximate surface area is 99.6 Å². The summed E-state index contributed by atoms with van der Waals surface area (Å²) in [6.07, 6.45) is 0. The van der Waals surface area contributed by atoms with E-state index in [0.29, 0.717) is 5.56 Å². The van der Waals surface area contributed by atoms with E-state index in [-0.39, 0.29) is 23.8 Å². The maximum atomic E-state index is 10.9. The second kappa shape index (κ2) is 5.09. The molecule has 0 saturated carbocycles. The van der Waals surface area contributed by atoms with E-state index < -0.39 is 5.97 Å². The van der Waals surface area contributed by atoms with Gasteiger partial charge in [-0.2, -0.15) is 0 Å². The van der Waals surface area contributed by atoms with Gasteiger partial charge in [-0.15, -0.1) is 10.2 Å². The molecule has 0 fully saturated rings. The number of carboxylic acids is 1. The summed E-state index contributed by atoms with van der Waals surface area (Å²) in [6.45, 7) is 5.81. The third-order valence-corrected chi connectivity index (χ3v) is 1.92. The van der Waals surface area contributed by atoms with Crippen molar-refractivity contribution in [2.75, 3.05) is 7.11 Å². The van der Waals surface area contributed by atoms with E-state index in [0.717, 1.165) is 0 Å². The molecule has 94 valence electrons. The van der Waals surface area contributed by atoms with Gasteiger partial charge >= 0.3 is 5.97 Å². The minimum absolute atomic E-state index is 0.116. The number of aromatic nitrogens is 2. The van der Waals surface area contributed by atoms with Crippen molar-refractivity contribution in [1.82, 2.24) is 10.2 Å². The molecule has 0 aliphatic rings. The Kier molecular flexibility index (Phi) is 4.01. The Balaban J connectivity index is 2.97. The topological polar surface area (TPSA) is 81.5 Å². The molecule has 0 bridgehead atoms. The van der Waals surface area contributed by atoms with Gasteiger partial charge in [-0.25, -0.2) is 4.79 Å². The van der Waals surface area contributed by atoms with Crippen LogP contribution in [0.2, 0.25) is 0 Å². The van der Waals surface area contributed by atoms with Gasteiger partial charge in [0, 0.05) is 11.6 Å². The summed E-state index contributed by atoms with van der Waals surface area (Å²) in [6, 6.07) is 1.52. The lowest BCUT2D eigenvalue weighted by Crippen LogP contribution is -2.20. The van der Waals surface area contributed by atoms with Crippen molar-refractivity contribution in [2.24, 2.45) is 0 Å². The molecule has 0 aliphatic heterocycles. The molecule has 0 unspecified atom stereocenters. The SMILES string of the molecule is COc1cc(COC(C)(C)C)c(C(=O)O)nn1. The Bertz CT molecular complexity index is 412. The molecule has 1 aromatic heterocycles. The predicted octanol–water partition coefficient (Wildman–Crippen LogP) is 1.50. The highest BCUT2D eigenvalue weighted by Crippen LogP contribution is 2.17. The maximum Gasteiger partial charge on any atom is 0.356 e. The van der Waals surface area contributed by atoms with Crippen LogP contribution < -0.4 is 4.74 Å². The maximum absolute atomic E-state index is 10.9. The van der Waals surface area contributed by atoms with Crippen LogP contribution in [0.5, 0.6) is 5.88 Å². The lowest BCUT2D eigenvalue weighted by molar-refractivity contribution is -0.0157. The van der Waals surface area contributed by atoms with Gasteiger partial charge in [0.25, 0.3) is 0 Å². The number of methoxy groups -OCH3 is 1. The Morgan fingerprint density at radius 3 is 2.53 bits per heavy atom. The monoisotopic (exact) mass is 240 g/mol. The summed E-state index contributed by atoms with van der Waals surface area (Å²) in [7, 11) is 1.44. The van der Waals surface area contributed by atoms with E-state index in [1.54, 1.807) is 0 Å². The van der Waals surface area contributed by atoms with Crippen LogP contribution in [-0.2, 0) is 11.3 Å². The zero-order chi connectivity index (χ0) is 13.1. The second-order valence-electron chi connectivity index (χ2n) is 4.47. The van der Waals surface area contributed by atoms with Gasteiger partial charge in [0.2, 0.25) is 5.88 Å². The minimum Gasteiger partial charge on any atom is -0.480 e. The summed E-state index contributed by atoms with van der Waals surface area (Å²) < 4.78 is 10.4.